The van der Waals surface area contributed by atoms with Gasteiger partial charge < -0.3 is 14.8 Å². The molecule has 8 atom stereocenters. The molecule has 4 heteroatoms. The van der Waals surface area contributed by atoms with Crippen molar-refractivity contribution in [3.05, 3.63) is 35.9 Å². The molecule has 0 aromatic heterocycles. The summed E-state index contributed by atoms with van der Waals surface area (Å²) in [6.07, 6.45) is 4.98. The van der Waals surface area contributed by atoms with Crippen LogP contribution in [0.15, 0.2) is 30.3 Å². The van der Waals surface area contributed by atoms with Crippen molar-refractivity contribution in [1.82, 2.24) is 0 Å². The summed E-state index contributed by atoms with van der Waals surface area (Å²) >= 11 is 0. The summed E-state index contributed by atoms with van der Waals surface area (Å²) in [5, 5.41) is 2.30. The van der Waals surface area contributed by atoms with Gasteiger partial charge in [-0.1, -0.05) is 50.6 Å². The summed E-state index contributed by atoms with van der Waals surface area (Å²) in [5.41, 5.74) is 1.48. The Balaban J connectivity index is 1.34. The standard InChI is InChI=1S/C23H31NO3/c1-14-8-7-11-22(3)12-18-19(20-23(14,22)27-20)17(21(25)26-18)13-24-15(2)16-9-5-4-6-10-16/h4-6,9-10,14-15,17-20,24H,7-8,11-13H2,1-3H3/p+1/t14-,15-,17+,18+,19+,20-,22+,23-/m0/s1. The quantitative estimate of drug-likeness (QED) is 0.655. The third kappa shape index (κ3) is 2.45. The molecule has 0 radical (unpaired) electrons. The predicted molar refractivity (Wildman–Crippen MR) is 102 cm³/mol. The highest BCUT2D eigenvalue weighted by Crippen LogP contribution is 2.70. The van der Waals surface area contributed by atoms with Gasteiger partial charge in [-0.2, -0.15) is 0 Å². The van der Waals surface area contributed by atoms with Gasteiger partial charge in [0.1, 0.15) is 23.7 Å². The summed E-state index contributed by atoms with van der Waals surface area (Å²) in [5.74, 6) is 0.794. The summed E-state index contributed by atoms with van der Waals surface area (Å²) in [7, 11) is 0. The topological polar surface area (TPSA) is 55.4 Å². The maximum absolute atomic E-state index is 12.7. The molecule has 2 heterocycles. The van der Waals surface area contributed by atoms with Crippen LogP contribution in [0.1, 0.15) is 58.1 Å². The lowest BCUT2D eigenvalue weighted by Gasteiger charge is -2.48. The number of benzene rings is 1. The molecular formula is C23H32NO3+. The van der Waals surface area contributed by atoms with E-state index in [1.165, 1.54) is 24.8 Å². The van der Waals surface area contributed by atoms with Gasteiger partial charge in [-0.3, -0.25) is 4.79 Å². The number of carbonyl (C=O) groups is 1. The van der Waals surface area contributed by atoms with Gasteiger partial charge in [-0.15, -0.1) is 0 Å². The summed E-state index contributed by atoms with van der Waals surface area (Å²) in [6, 6.07) is 10.9. The van der Waals surface area contributed by atoms with Crippen LogP contribution < -0.4 is 5.32 Å². The smallest absolute Gasteiger partial charge is 0.315 e. The summed E-state index contributed by atoms with van der Waals surface area (Å²) in [4.78, 5) is 12.7. The molecule has 4 fully saturated rings. The third-order valence-electron chi connectivity index (χ3n) is 8.26. The fraction of sp³-hybridized carbons (Fsp3) is 0.696. The number of esters is 1. The normalized spacial score (nSPS) is 46.0. The zero-order valence-electron chi connectivity index (χ0n) is 16.7. The zero-order chi connectivity index (χ0) is 18.8. The SMILES string of the molecule is C[C@H]([NH2+]C[C@H]1C(=O)O[C@@H]2C[C@@]3(C)CCC[C@H](C)[C@@]34O[C@H]4[C@@H]21)c1ccccc1. The molecule has 0 amide bonds. The molecule has 1 aromatic carbocycles. The van der Waals surface area contributed by atoms with E-state index in [4.69, 9.17) is 9.47 Å². The Kier molecular flexibility index (Phi) is 3.97. The molecule has 1 spiro atoms. The van der Waals surface area contributed by atoms with Gasteiger partial charge in [-0.05, 0) is 32.1 Å². The molecule has 2 saturated heterocycles. The van der Waals surface area contributed by atoms with Crippen LogP contribution in [0.25, 0.3) is 0 Å². The van der Waals surface area contributed by atoms with E-state index in [0.717, 1.165) is 13.0 Å². The van der Waals surface area contributed by atoms with E-state index in [0.29, 0.717) is 12.0 Å². The van der Waals surface area contributed by atoms with Gasteiger partial charge >= 0.3 is 5.97 Å². The Labute approximate surface area is 162 Å². The average molecular weight is 371 g/mol. The van der Waals surface area contributed by atoms with Crippen LogP contribution >= 0.6 is 0 Å². The van der Waals surface area contributed by atoms with Crippen LogP contribution in [-0.2, 0) is 14.3 Å². The maximum Gasteiger partial charge on any atom is 0.315 e. The van der Waals surface area contributed by atoms with Crippen LogP contribution in [-0.4, -0.2) is 30.3 Å². The average Bonchev–Trinajstić information content (AvgIpc) is 3.34. The van der Waals surface area contributed by atoms with E-state index in [1.807, 2.05) is 6.07 Å². The van der Waals surface area contributed by atoms with Gasteiger partial charge in [0.15, 0.2) is 0 Å². The Hall–Kier alpha value is -1.39. The number of hydrogen-bond acceptors (Lipinski definition) is 3. The second-order valence-electron chi connectivity index (χ2n) is 9.72. The van der Waals surface area contributed by atoms with E-state index in [1.54, 1.807) is 0 Å². The van der Waals surface area contributed by atoms with Gasteiger partial charge in [0.25, 0.3) is 0 Å². The second kappa shape index (κ2) is 6.05. The van der Waals surface area contributed by atoms with Crippen molar-refractivity contribution in [2.75, 3.05) is 6.54 Å². The minimum absolute atomic E-state index is 0.00191. The molecule has 2 saturated carbocycles. The van der Waals surface area contributed by atoms with E-state index in [2.05, 4.69) is 50.4 Å². The van der Waals surface area contributed by atoms with Crippen molar-refractivity contribution < 1.29 is 19.6 Å². The molecule has 2 aliphatic carbocycles. The van der Waals surface area contributed by atoms with Crippen LogP contribution in [0.3, 0.4) is 0 Å². The third-order valence-corrected chi connectivity index (χ3v) is 8.26. The lowest BCUT2D eigenvalue weighted by Crippen LogP contribution is -2.86. The number of epoxide rings is 1. The lowest BCUT2D eigenvalue weighted by atomic mass is 9.53. The first-order valence-electron chi connectivity index (χ1n) is 10.7. The molecule has 5 rings (SSSR count). The van der Waals surface area contributed by atoms with Crippen molar-refractivity contribution in [2.45, 2.75) is 70.3 Å². The minimum atomic E-state index is -0.0378. The number of hydrogen-bond donors (Lipinski definition) is 1. The molecule has 1 aromatic rings. The lowest BCUT2D eigenvalue weighted by molar-refractivity contribution is -0.696. The van der Waals surface area contributed by atoms with Crippen molar-refractivity contribution >= 4 is 5.97 Å². The molecule has 4 nitrogen and oxygen atoms in total. The molecular weight excluding hydrogens is 338 g/mol. The Morgan fingerprint density at radius 3 is 2.85 bits per heavy atom. The molecule has 0 unspecified atom stereocenters. The van der Waals surface area contributed by atoms with E-state index in [-0.39, 0.29) is 41.0 Å². The first-order valence-corrected chi connectivity index (χ1v) is 10.7. The highest BCUT2D eigenvalue weighted by Gasteiger charge is 2.78. The first-order chi connectivity index (χ1) is 13.0. The largest absolute Gasteiger partial charge is 0.462 e. The maximum atomic E-state index is 12.7. The minimum Gasteiger partial charge on any atom is -0.462 e. The summed E-state index contributed by atoms with van der Waals surface area (Å²) < 4.78 is 12.4. The predicted octanol–water partition coefficient (Wildman–Crippen LogP) is 2.84. The van der Waals surface area contributed by atoms with Crippen molar-refractivity contribution in [2.24, 2.45) is 23.2 Å². The summed E-state index contributed by atoms with van der Waals surface area (Å²) in [6.45, 7) is 7.73. The van der Waals surface area contributed by atoms with Crippen LogP contribution in [0, 0.1) is 23.2 Å². The van der Waals surface area contributed by atoms with Crippen LogP contribution in [0.4, 0.5) is 0 Å². The first kappa shape index (κ1) is 17.7. The highest BCUT2D eigenvalue weighted by atomic mass is 16.6. The fourth-order valence-electron chi connectivity index (χ4n) is 6.74. The monoisotopic (exact) mass is 370 g/mol. The molecule has 4 aliphatic rings. The number of ether oxygens (including phenoxy) is 2. The molecule has 2 N–H and O–H groups in total. The Morgan fingerprint density at radius 2 is 2.07 bits per heavy atom. The van der Waals surface area contributed by atoms with Gasteiger partial charge in [0, 0.05) is 16.9 Å². The fourth-order valence-corrected chi connectivity index (χ4v) is 6.74. The van der Waals surface area contributed by atoms with Crippen LogP contribution in [0.5, 0.6) is 0 Å². The van der Waals surface area contributed by atoms with E-state index < -0.39 is 0 Å². The molecule has 0 bridgehead atoms. The number of quaternary nitrogens is 1. The molecule has 2 aliphatic heterocycles. The van der Waals surface area contributed by atoms with Crippen molar-refractivity contribution in [1.29, 1.82) is 0 Å². The van der Waals surface area contributed by atoms with Gasteiger partial charge in [-0.25, -0.2) is 0 Å². The van der Waals surface area contributed by atoms with E-state index >= 15 is 0 Å². The number of carbonyl (C=O) groups excluding carboxylic acids is 1. The highest BCUT2D eigenvalue weighted by molar-refractivity contribution is 5.76. The van der Waals surface area contributed by atoms with Crippen LogP contribution in [0.2, 0.25) is 0 Å². The Bertz CT molecular complexity index is 736. The number of rotatable bonds is 4. The van der Waals surface area contributed by atoms with Gasteiger partial charge in [0.2, 0.25) is 0 Å². The van der Waals surface area contributed by atoms with Crippen molar-refractivity contribution in [3.63, 3.8) is 0 Å². The number of fused-ring (bicyclic) bond motifs is 2. The van der Waals surface area contributed by atoms with Crippen molar-refractivity contribution in [3.8, 4) is 0 Å². The Morgan fingerprint density at radius 1 is 1.30 bits per heavy atom. The number of nitrogens with two attached hydrogens (primary N) is 1. The second-order valence-corrected chi connectivity index (χ2v) is 9.72. The zero-order valence-corrected chi connectivity index (χ0v) is 16.7. The van der Waals surface area contributed by atoms with Gasteiger partial charge in [0.05, 0.1) is 12.6 Å². The van der Waals surface area contributed by atoms with E-state index in [9.17, 15) is 4.79 Å². The molecule has 27 heavy (non-hydrogen) atoms. The molecule has 146 valence electrons.